The lowest BCUT2D eigenvalue weighted by Gasteiger charge is -2.35. The Bertz CT molecular complexity index is 632. The van der Waals surface area contributed by atoms with Gasteiger partial charge in [0.2, 0.25) is 0 Å². The molecule has 3 atom stereocenters. The van der Waals surface area contributed by atoms with Crippen LogP contribution in [0.1, 0.15) is 30.7 Å². The number of rotatable bonds is 3. The molecule has 0 saturated carbocycles. The lowest BCUT2D eigenvalue weighted by Crippen LogP contribution is -2.51. The summed E-state index contributed by atoms with van der Waals surface area (Å²) in [7, 11) is 1.99. The zero-order valence-corrected chi connectivity index (χ0v) is 15.0. The number of hydrogen-bond donors (Lipinski definition) is 0. The van der Waals surface area contributed by atoms with Crippen molar-refractivity contribution in [3.05, 3.63) is 35.9 Å². The molecule has 5 nitrogen and oxygen atoms in total. The second kappa shape index (κ2) is 6.51. The number of nitrogens with zero attached hydrogens (tertiary/aromatic N) is 3. The van der Waals surface area contributed by atoms with Gasteiger partial charge in [-0.3, -0.25) is 0 Å². The molecule has 2 aliphatic heterocycles. The van der Waals surface area contributed by atoms with E-state index in [0.717, 1.165) is 25.8 Å². The first-order valence-electron chi connectivity index (χ1n) is 8.37. The lowest BCUT2D eigenvalue weighted by atomic mass is 9.90. The fraction of sp³-hybridized carbons (Fsp3) is 0.647. The minimum absolute atomic E-state index is 0.0253. The van der Waals surface area contributed by atoms with Crippen molar-refractivity contribution in [2.75, 3.05) is 34.2 Å². The van der Waals surface area contributed by atoms with E-state index < -0.39 is 10.2 Å². The molecular weight excluding hydrogens is 310 g/mol. The minimum Gasteiger partial charge on any atom is -0.301 e. The molecule has 6 heteroatoms. The fourth-order valence-electron chi connectivity index (χ4n) is 4.12. The average Bonchev–Trinajstić information content (AvgIpc) is 2.72. The monoisotopic (exact) mass is 337 g/mol. The molecule has 0 radical (unpaired) electrons. The summed E-state index contributed by atoms with van der Waals surface area (Å²) in [6.45, 7) is 1.54. The predicted molar refractivity (Wildman–Crippen MR) is 92.6 cm³/mol. The summed E-state index contributed by atoms with van der Waals surface area (Å²) in [5, 5.41) is 0. The average molecular weight is 337 g/mol. The molecular formula is C17H27N3O2S. The molecule has 23 heavy (non-hydrogen) atoms. The first kappa shape index (κ1) is 16.9. The van der Waals surface area contributed by atoms with Crippen LogP contribution in [0.4, 0.5) is 0 Å². The van der Waals surface area contributed by atoms with E-state index in [1.54, 1.807) is 18.4 Å². The van der Waals surface area contributed by atoms with Gasteiger partial charge in [-0.15, -0.1) is 0 Å². The van der Waals surface area contributed by atoms with Crippen molar-refractivity contribution in [1.82, 2.24) is 13.5 Å². The van der Waals surface area contributed by atoms with Gasteiger partial charge in [0.25, 0.3) is 10.2 Å². The predicted octanol–water partition coefficient (Wildman–Crippen LogP) is 1.75. The third-order valence-electron chi connectivity index (χ3n) is 5.30. The van der Waals surface area contributed by atoms with Gasteiger partial charge in [-0.05, 0) is 25.5 Å². The molecule has 2 aliphatic rings. The van der Waals surface area contributed by atoms with Gasteiger partial charge in [0.1, 0.15) is 0 Å². The first-order chi connectivity index (χ1) is 10.9. The SMILES string of the molecule is CN1C[C@@H](c2ccccc2)[C@H]2[C@@H]1CCCCN2S(=O)(=O)N(C)C. The van der Waals surface area contributed by atoms with Crippen LogP contribution in [0, 0.1) is 0 Å². The summed E-state index contributed by atoms with van der Waals surface area (Å²) in [4.78, 5) is 2.35. The van der Waals surface area contributed by atoms with Crippen LogP contribution in [-0.4, -0.2) is 68.2 Å². The van der Waals surface area contributed by atoms with Gasteiger partial charge in [0, 0.05) is 45.2 Å². The topological polar surface area (TPSA) is 43.9 Å². The van der Waals surface area contributed by atoms with Crippen LogP contribution >= 0.6 is 0 Å². The van der Waals surface area contributed by atoms with Gasteiger partial charge in [0.05, 0.1) is 0 Å². The van der Waals surface area contributed by atoms with Crippen LogP contribution in [-0.2, 0) is 10.2 Å². The van der Waals surface area contributed by atoms with E-state index in [2.05, 4.69) is 24.1 Å². The van der Waals surface area contributed by atoms with Crippen molar-refractivity contribution < 1.29 is 8.42 Å². The summed E-state index contributed by atoms with van der Waals surface area (Å²) in [6, 6.07) is 10.7. The Balaban J connectivity index is 2.03. The van der Waals surface area contributed by atoms with Gasteiger partial charge in [-0.1, -0.05) is 36.8 Å². The molecule has 128 valence electrons. The fourth-order valence-corrected chi connectivity index (χ4v) is 5.49. The van der Waals surface area contributed by atoms with Gasteiger partial charge in [-0.25, -0.2) is 0 Å². The third-order valence-corrected chi connectivity index (χ3v) is 7.25. The summed E-state index contributed by atoms with van der Waals surface area (Å²) < 4.78 is 28.9. The largest absolute Gasteiger partial charge is 0.301 e. The number of benzene rings is 1. The van der Waals surface area contributed by atoms with E-state index in [4.69, 9.17) is 0 Å². The highest BCUT2D eigenvalue weighted by Crippen LogP contribution is 2.39. The highest BCUT2D eigenvalue weighted by molar-refractivity contribution is 7.86. The van der Waals surface area contributed by atoms with Crippen molar-refractivity contribution in [2.45, 2.75) is 37.3 Å². The maximum atomic E-state index is 12.9. The van der Waals surface area contributed by atoms with Crippen molar-refractivity contribution in [3.63, 3.8) is 0 Å². The lowest BCUT2D eigenvalue weighted by molar-refractivity contribution is 0.228. The van der Waals surface area contributed by atoms with Gasteiger partial charge in [0.15, 0.2) is 0 Å². The third kappa shape index (κ3) is 3.05. The molecule has 1 aromatic rings. The summed E-state index contributed by atoms with van der Waals surface area (Å²) >= 11 is 0. The Morgan fingerprint density at radius 3 is 2.48 bits per heavy atom. The van der Waals surface area contributed by atoms with Crippen molar-refractivity contribution >= 4 is 10.2 Å². The van der Waals surface area contributed by atoms with E-state index in [-0.39, 0.29) is 12.0 Å². The molecule has 0 bridgehead atoms. The van der Waals surface area contributed by atoms with Crippen LogP contribution in [0.3, 0.4) is 0 Å². The van der Waals surface area contributed by atoms with Crippen LogP contribution in [0.2, 0.25) is 0 Å². The van der Waals surface area contributed by atoms with Gasteiger partial charge < -0.3 is 4.90 Å². The molecule has 2 fully saturated rings. The van der Waals surface area contributed by atoms with Crippen LogP contribution in [0.15, 0.2) is 30.3 Å². The van der Waals surface area contributed by atoms with Gasteiger partial charge >= 0.3 is 0 Å². The highest BCUT2D eigenvalue weighted by atomic mass is 32.2. The number of likely N-dealkylation sites (tertiary alicyclic amines) is 1. The Hall–Kier alpha value is -0.950. The van der Waals surface area contributed by atoms with E-state index >= 15 is 0 Å². The van der Waals surface area contributed by atoms with Crippen LogP contribution in [0.5, 0.6) is 0 Å². The summed E-state index contributed by atoms with van der Waals surface area (Å²) in [6.07, 6.45) is 3.10. The first-order valence-corrected chi connectivity index (χ1v) is 9.77. The molecule has 2 saturated heterocycles. The minimum atomic E-state index is -3.40. The Morgan fingerprint density at radius 1 is 1.13 bits per heavy atom. The molecule has 0 aliphatic carbocycles. The summed E-state index contributed by atoms with van der Waals surface area (Å²) in [5.74, 6) is 0.235. The van der Waals surface area contributed by atoms with E-state index in [1.807, 2.05) is 18.2 Å². The van der Waals surface area contributed by atoms with Crippen molar-refractivity contribution in [2.24, 2.45) is 0 Å². The molecule has 2 heterocycles. The molecule has 0 spiro atoms. The zero-order valence-electron chi connectivity index (χ0n) is 14.2. The van der Waals surface area contributed by atoms with Crippen LogP contribution in [0.25, 0.3) is 0 Å². The number of fused-ring (bicyclic) bond motifs is 1. The molecule has 0 N–H and O–H groups in total. The van der Waals surface area contributed by atoms with Crippen LogP contribution < -0.4 is 0 Å². The number of hydrogen-bond acceptors (Lipinski definition) is 3. The van der Waals surface area contributed by atoms with E-state index in [1.165, 1.54) is 9.87 Å². The van der Waals surface area contributed by atoms with E-state index in [0.29, 0.717) is 12.6 Å². The molecule has 0 amide bonds. The maximum absolute atomic E-state index is 12.9. The smallest absolute Gasteiger partial charge is 0.281 e. The Morgan fingerprint density at radius 2 is 1.83 bits per heavy atom. The summed E-state index contributed by atoms with van der Waals surface area (Å²) in [5.41, 5.74) is 1.24. The maximum Gasteiger partial charge on any atom is 0.281 e. The molecule has 0 unspecified atom stereocenters. The zero-order chi connectivity index (χ0) is 16.6. The van der Waals surface area contributed by atoms with Gasteiger partial charge in [-0.2, -0.15) is 17.0 Å². The molecule has 3 rings (SSSR count). The second-order valence-corrected chi connectivity index (χ2v) is 9.01. The van der Waals surface area contributed by atoms with E-state index in [9.17, 15) is 8.42 Å². The Kier molecular flexibility index (Phi) is 4.78. The number of likely N-dealkylation sites (N-methyl/N-ethyl adjacent to an activating group) is 1. The quantitative estimate of drug-likeness (QED) is 0.844. The standard InChI is InChI=1S/C17H27N3O2S/c1-18(2)23(21,22)20-12-8-7-11-16-17(20)15(13-19(16)3)14-9-5-4-6-10-14/h4-6,9-10,15-17H,7-8,11-13H2,1-3H3/t15-,16-,17-/m0/s1. The Labute approximate surface area is 140 Å². The molecule has 1 aromatic carbocycles. The normalized spacial score (nSPS) is 30.3. The molecule has 0 aromatic heterocycles. The second-order valence-electron chi connectivity index (χ2n) is 6.91. The van der Waals surface area contributed by atoms with Crippen molar-refractivity contribution in [3.8, 4) is 0 Å². The van der Waals surface area contributed by atoms with Crippen molar-refractivity contribution in [1.29, 1.82) is 0 Å². The highest BCUT2D eigenvalue weighted by Gasteiger charge is 2.48.